The number of rotatable bonds is 6. The summed E-state index contributed by atoms with van der Waals surface area (Å²) < 4.78 is 0. The number of carbonyl (C=O) groups is 2. The van der Waals surface area contributed by atoms with Gasteiger partial charge in [0, 0.05) is 16.6 Å². The maximum Gasteiger partial charge on any atom is 0.320 e. The van der Waals surface area contributed by atoms with E-state index in [4.69, 9.17) is 11.6 Å². The van der Waals surface area contributed by atoms with E-state index in [1.165, 1.54) is 0 Å². The molecule has 0 bridgehead atoms. The molecular weight excluding hydrogens is 338 g/mol. The molecule has 0 aromatic heterocycles. The number of hydrogen-bond donors (Lipinski definition) is 2. The van der Waals surface area contributed by atoms with E-state index in [9.17, 15) is 9.59 Å². The Hall–Kier alpha value is -2.36. The van der Waals surface area contributed by atoms with Crippen molar-refractivity contribution in [3.05, 3.63) is 52.3 Å². The van der Waals surface area contributed by atoms with Gasteiger partial charge in [0.05, 0.1) is 0 Å². The van der Waals surface area contributed by atoms with Crippen LogP contribution in [0.4, 0.5) is 4.79 Å². The normalized spacial score (nSPS) is 19.6. The quantitative estimate of drug-likeness (QED) is 0.462. The van der Waals surface area contributed by atoms with Crippen LogP contribution in [0, 0.1) is 5.92 Å². The third-order valence-corrected chi connectivity index (χ3v) is 4.26. The Bertz CT molecular complexity index is 713. The molecule has 0 aliphatic heterocycles. The van der Waals surface area contributed by atoms with Crippen LogP contribution in [-0.2, 0) is 11.2 Å². The van der Waals surface area contributed by atoms with E-state index in [0.717, 1.165) is 18.4 Å². The second-order valence-electron chi connectivity index (χ2n) is 6.30. The average Bonchev–Trinajstić information content (AvgIpc) is 2.57. The smallest absolute Gasteiger partial charge is 0.320 e. The summed E-state index contributed by atoms with van der Waals surface area (Å²) in [6.07, 6.45) is 4.97. The molecule has 1 saturated carbocycles. The van der Waals surface area contributed by atoms with E-state index in [0.29, 0.717) is 29.2 Å². The molecule has 2 amide bonds. The molecule has 0 spiro atoms. The van der Waals surface area contributed by atoms with Crippen molar-refractivity contribution in [2.24, 2.45) is 10.9 Å². The highest BCUT2D eigenvalue weighted by Gasteiger charge is 2.26. The fourth-order valence-corrected chi connectivity index (χ4v) is 2.64. The van der Waals surface area contributed by atoms with Crippen LogP contribution in [-0.4, -0.2) is 24.2 Å². The average molecular weight is 360 g/mol. The lowest BCUT2D eigenvalue weighted by atomic mass is 9.82. The van der Waals surface area contributed by atoms with Crippen LogP contribution < -0.4 is 10.6 Å². The van der Waals surface area contributed by atoms with Gasteiger partial charge in [-0.3, -0.25) is 10.1 Å². The molecule has 0 atom stereocenters. The second-order valence-corrected chi connectivity index (χ2v) is 6.73. The Balaban J connectivity index is 1.95. The number of halogens is 1. The minimum Gasteiger partial charge on any atom is -0.335 e. The molecule has 2 N–H and O–H groups in total. The summed E-state index contributed by atoms with van der Waals surface area (Å²) in [7, 11) is 0. The summed E-state index contributed by atoms with van der Waals surface area (Å²) >= 11 is 5.84. The minimum absolute atomic E-state index is 0.192. The lowest BCUT2D eigenvalue weighted by Gasteiger charge is -2.33. The number of hydrogen-bond acceptors (Lipinski definition) is 3. The molecule has 2 rings (SSSR count). The number of aldehydes is 1. The molecule has 132 valence electrons. The van der Waals surface area contributed by atoms with Gasteiger partial charge in [0.1, 0.15) is 12.1 Å². The summed E-state index contributed by atoms with van der Waals surface area (Å²) in [5.41, 5.74) is 1.40. The van der Waals surface area contributed by atoms with Gasteiger partial charge in [-0.1, -0.05) is 30.7 Å². The standard InChI is InChI=1S/C19H22ClN3O2/c1-13-10-17(11-13)22-19(25)23-18(14(2)12-24)21-9-3-4-15-5-7-16(20)8-6-15/h3,5-8,12-13,17H,4,10-11H2,1-2H3,(H2,22,23,25)/b18-14-. The molecule has 0 radical (unpaired) electrons. The lowest BCUT2D eigenvalue weighted by molar-refractivity contribution is -0.104. The van der Waals surface area contributed by atoms with Gasteiger partial charge >= 0.3 is 6.03 Å². The van der Waals surface area contributed by atoms with Crippen LogP contribution >= 0.6 is 11.6 Å². The maximum atomic E-state index is 12.0. The first-order valence-electron chi connectivity index (χ1n) is 8.24. The second kappa shape index (κ2) is 9.21. The Morgan fingerprint density at radius 3 is 2.64 bits per heavy atom. The number of amides is 2. The molecule has 1 aliphatic carbocycles. The SMILES string of the molecule is C/C(C=O)=C(\N=C=CCc1ccc(Cl)cc1)NC(=O)NC1CC(C)C1. The van der Waals surface area contributed by atoms with Crippen LogP contribution in [0.25, 0.3) is 0 Å². The first-order chi connectivity index (χ1) is 12.0. The zero-order valence-corrected chi connectivity index (χ0v) is 15.1. The van der Waals surface area contributed by atoms with Crippen LogP contribution in [0.5, 0.6) is 0 Å². The zero-order valence-electron chi connectivity index (χ0n) is 14.4. The van der Waals surface area contributed by atoms with Gasteiger partial charge in [0.25, 0.3) is 0 Å². The Morgan fingerprint density at radius 1 is 1.36 bits per heavy atom. The molecule has 1 aromatic carbocycles. The van der Waals surface area contributed by atoms with E-state index in [2.05, 4.69) is 28.4 Å². The summed E-state index contributed by atoms with van der Waals surface area (Å²) in [6.45, 7) is 3.74. The first-order valence-corrected chi connectivity index (χ1v) is 8.61. The Kier molecular flexibility index (Phi) is 6.99. The van der Waals surface area contributed by atoms with Crippen molar-refractivity contribution in [3.8, 4) is 0 Å². The molecule has 6 heteroatoms. The molecule has 1 fully saturated rings. The predicted octanol–water partition coefficient (Wildman–Crippen LogP) is 3.64. The molecular formula is C19H22ClN3O2. The monoisotopic (exact) mass is 359 g/mol. The minimum atomic E-state index is -0.351. The van der Waals surface area contributed by atoms with E-state index >= 15 is 0 Å². The van der Waals surface area contributed by atoms with Gasteiger partial charge in [-0.15, -0.1) is 0 Å². The summed E-state index contributed by atoms with van der Waals surface area (Å²) in [6, 6.07) is 7.31. The lowest BCUT2D eigenvalue weighted by Crippen LogP contribution is -2.47. The van der Waals surface area contributed by atoms with Crippen molar-refractivity contribution in [1.29, 1.82) is 0 Å². The topological polar surface area (TPSA) is 70.6 Å². The number of allylic oxidation sites excluding steroid dienone is 2. The highest BCUT2D eigenvalue weighted by atomic mass is 35.5. The van der Waals surface area contributed by atoms with Gasteiger partial charge in [-0.05, 0) is 61.7 Å². The van der Waals surface area contributed by atoms with Crippen LogP contribution in [0.1, 0.15) is 32.3 Å². The number of nitrogens with one attached hydrogen (secondary N) is 2. The zero-order chi connectivity index (χ0) is 18.2. The van der Waals surface area contributed by atoms with Crippen molar-refractivity contribution in [2.75, 3.05) is 0 Å². The predicted molar refractivity (Wildman–Crippen MR) is 99.8 cm³/mol. The van der Waals surface area contributed by atoms with Crippen molar-refractivity contribution in [2.45, 2.75) is 39.2 Å². The third-order valence-electron chi connectivity index (χ3n) is 4.01. The van der Waals surface area contributed by atoms with Crippen LogP contribution in [0.2, 0.25) is 5.02 Å². The van der Waals surface area contributed by atoms with Crippen molar-refractivity contribution >= 4 is 29.8 Å². The van der Waals surface area contributed by atoms with Gasteiger partial charge in [0.15, 0.2) is 0 Å². The Morgan fingerprint density at radius 2 is 2.04 bits per heavy atom. The highest BCUT2D eigenvalue weighted by molar-refractivity contribution is 6.30. The fraction of sp³-hybridized carbons (Fsp3) is 0.368. The van der Waals surface area contributed by atoms with Gasteiger partial charge in [-0.25, -0.2) is 4.79 Å². The number of nitrogens with zero attached hydrogens (tertiary/aromatic N) is 1. The molecule has 0 saturated heterocycles. The van der Waals surface area contributed by atoms with Gasteiger partial charge in [0.2, 0.25) is 0 Å². The Labute approximate surface area is 152 Å². The molecule has 1 aromatic rings. The van der Waals surface area contributed by atoms with E-state index in [-0.39, 0.29) is 17.9 Å². The number of benzene rings is 1. The number of urea groups is 1. The molecule has 5 nitrogen and oxygen atoms in total. The fourth-order valence-electron chi connectivity index (χ4n) is 2.51. The van der Waals surface area contributed by atoms with Crippen LogP contribution in [0.15, 0.2) is 46.7 Å². The first kappa shape index (κ1) is 19.0. The maximum absolute atomic E-state index is 12.0. The molecule has 25 heavy (non-hydrogen) atoms. The summed E-state index contributed by atoms with van der Waals surface area (Å²) in [5, 5.41) is 6.17. The van der Waals surface area contributed by atoms with Crippen molar-refractivity contribution < 1.29 is 9.59 Å². The van der Waals surface area contributed by atoms with Crippen molar-refractivity contribution in [3.63, 3.8) is 0 Å². The van der Waals surface area contributed by atoms with E-state index in [1.54, 1.807) is 13.0 Å². The summed E-state index contributed by atoms with van der Waals surface area (Å²) in [4.78, 5) is 27.1. The largest absolute Gasteiger partial charge is 0.335 e. The van der Waals surface area contributed by atoms with Crippen LogP contribution in [0.3, 0.4) is 0 Å². The van der Waals surface area contributed by atoms with Crippen molar-refractivity contribution in [1.82, 2.24) is 10.6 Å². The highest BCUT2D eigenvalue weighted by Crippen LogP contribution is 2.26. The number of carbonyl (C=O) groups excluding carboxylic acids is 2. The molecule has 0 heterocycles. The number of aliphatic imine (C=N–C) groups is 1. The molecule has 1 aliphatic rings. The third kappa shape index (κ3) is 6.22. The van der Waals surface area contributed by atoms with E-state index < -0.39 is 0 Å². The van der Waals surface area contributed by atoms with E-state index in [1.807, 2.05) is 24.3 Å². The van der Waals surface area contributed by atoms with Gasteiger partial charge < -0.3 is 5.32 Å². The molecule has 0 unspecified atom stereocenters. The van der Waals surface area contributed by atoms with Gasteiger partial charge in [-0.2, -0.15) is 4.99 Å². The summed E-state index contributed by atoms with van der Waals surface area (Å²) in [5.74, 6) is 3.61.